The van der Waals surface area contributed by atoms with Crippen molar-refractivity contribution in [3.63, 3.8) is 0 Å². The van der Waals surface area contributed by atoms with E-state index in [1.54, 1.807) is 11.5 Å². The Morgan fingerprint density at radius 2 is 2.17 bits per heavy atom. The molecule has 0 radical (unpaired) electrons. The standard InChI is InChI=1S/C13H13N3O2/c1-8-5-6-9(18-8)11-12(14)16-7-3-4-10(17-2)13(16)15-11/h3-7H,14H2,1-2H3. The third-order valence-electron chi connectivity index (χ3n) is 2.84. The maximum atomic E-state index is 6.09. The van der Waals surface area contributed by atoms with Crippen molar-refractivity contribution in [1.82, 2.24) is 9.38 Å². The second-order valence-electron chi connectivity index (χ2n) is 4.03. The smallest absolute Gasteiger partial charge is 0.182 e. The van der Waals surface area contributed by atoms with Crippen LogP contribution in [-0.2, 0) is 0 Å². The molecule has 0 spiro atoms. The van der Waals surface area contributed by atoms with Crippen molar-refractivity contribution < 1.29 is 9.15 Å². The minimum atomic E-state index is 0.540. The van der Waals surface area contributed by atoms with E-state index in [0.717, 1.165) is 5.76 Å². The third-order valence-corrected chi connectivity index (χ3v) is 2.84. The van der Waals surface area contributed by atoms with Gasteiger partial charge in [0.15, 0.2) is 17.2 Å². The topological polar surface area (TPSA) is 65.7 Å². The summed E-state index contributed by atoms with van der Waals surface area (Å²) in [6.45, 7) is 1.88. The molecule has 0 aliphatic heterocycles. The van der Waals surface area contributed by atoms with E-state index in [0.29, 0.717) is 28.7 Å². The highest BCUT2D eigenvalue weighted by molar-refractivity contribution is 5.74. The van der Waals surface area contributed by atoms with E-state index in [9.17, 15) is 0 Å². The van der Waals surface area contributed by atoms with E-state index >= 15 is 0 Å². The summed E-state index contributed by atoms with van der Waals surface area (Å²) in [7, 11) is 1.61. The summed E-state index contributed by atoms with van der Waals surface area (Å²) in [5.41, 5.74) is 7.40. The Hall–Kier alpha value is -2.43. The van der Waals surface area contributed by atoms with Gasteiger partial charge in [-0.2, -0.15) is 0 Å². The molecule has 0 aliphatic rings. The van der Waals surface area contributed by atoms with Gasteiger partial charge in [0.05, 0.1) is 7.11 Å². The maximum absolute atomic E-state index is 6.09. The first-order chi connectivity index (χ1) is 8.70. The molecular weight excluding hydrogens is 230 g/mol. The van der Waals surface area contributed by atoms with E-state index in [1.807, 2.05) is 37.4 Å². The molecule has 0 unspecified atom stereocenters. The number of nitrogens with zero attached hydrogens (tertiary/aromatic N) is 2. The fourth-order valence-corrected chi connectivity index (χ4v) is 1.96. The number of nitrogen functional groups attached to an aromatic ring is 1. The van der Waals surface area contributed by atoms with Crippen molar-refractivity contribution in [2.24, 2.45) is 0 Å². The average Bonchev–Trinajstić information content (AvgIpc) is 2.94. The molecule has 92 valence electrons. The van der Waals surface area contributed by atoms with E-state index in [1.165, 1.54) is 0 Å². The molecule has 3 aromatic rings. The molecule has 3 heterocycles. The fourth-order valence-electron chi connectivity index (χ4n) is 1.96. The number of hydrogen-bond donors (Lipinski definition) is 1. The number of furan rings is 1. The lowest BCUT2D eigenvalue weighted by molar-refractivity contribution is 0.417. The van der Waals surface area contributed by atoms with Gasteiger partial charge in [0.2, 0.25) is 0 Å². The van der Waals surface area contributed by atoms with Crippen LogP contribution in [0.3, 0.4) is 0 Å². The van der Waals surface area contributed by atoms with Gasteiger partial charge in [0, 0.05) is 6.20 Å². The first kappa shape index (κ1) is 10.7. The highest BCUT2D eigenvalue weighted by Crippen LogP contribution is 2.30. The molecule has 0 atom stereocenters. The van der Waals surface area contributed by atoms with Crippen LogP contribution in [0.5, 0.6) is 5.75 Å². The Kier molecular flexibility index (Phi) is 2.26. The monoisotopic (exact) mass is 243 g/mol. The molecule has 3 rings (SSSR count). The second kappa shape index (κ2) is 3.80. The Bertz CT molecular complexity index is 712. The lowest BCUT2D eigenvalue weighted by Crippen LogP contribution is -1.94. The van der Waals surface area contributed by atoms with Crippen LogP contribution >= 0.6 is 0 Å². The molecular formula is C13H13N3O2. The molecule has 0 aromatic carbocycles. The van der Waals surface area contributed by atoms with E-state index in [2.05, 4.69) is 4.98 Å². The number of aromatic nitrogens is 2. The summed E-state index contributed by atoms with van der Waals surface area (Å²) < 4.78 is 12.6. The number of methoxy groups -OCH3 is 1. The molecule has 18 heavy (non-hydrogen) atoms. The van der Waals surface area contributed by atoms with Crippen LogP contribution in [0.4, 0.5) is 5.82 Å². The fraction of sp³-hybridized carbons (Fsp3) is 0.154. The van der Waals surface area contributed by atoms with Crippen molar-refractivity contribution in [2.75, 3.05) is 12.8 Å². The molecule has 0 fully saturated rings. The average molecular weight is 243 g/mol. The highest BCUT2D eigenvalue weighted by atomic mass is 16.5. The van der Waals surface area contributed by atoms with Crippen LogP contribution in [0.15, 0.2) is 34.9 Å². The Morgan fingerprint density at radius 1 is 1.33 bits per heavy atom. The van der Waals surface area contributed by atoms with Crippen LogP contribution in [0.25, 0.3) is 17.1 Å². The lowest BCUT2D eigenvalue weighted by atomic mass is 10.3. The number of imidazole rings is 1. The number of fused-ring (bicyclic) bond motifs is 1. The predicted octanol–water partition coefficient (Wildman–Crippen LogP) is 2.49. The van der Waals surface area contributed by atoms with Gasteiger partial charge in [-0.15, -0.1) is 0 Å². The Balaban J connectivity index is 2.28. The van der Waals surface area contributed by atoms with E-state index in [-0.39, 0.29) is 0 Å². The molecule has 0 amide bonds. The van der Waals surface area contributed by atoms with Gasteiger partial charge in [-0.1, -0.05) is 0 Å². The van der Waals surface area contributed by atoms with Crippen molar-refractivity contribution in [3.05, 3.63) is 36.2 Å². The van der Waals surface area contributed by atoms with Crippen LogP contribution in [-0.4, -0.2) is 16.5 Å². The van der Waals surface area contributed by atoms with Crippen molar-refractivity contribution in [1.29, 1.82) is 0 Å². The highest BCUT2D eigenvalue weighted by Gasteiger charge is 2.16. The van der Waals surface area contributed by atoms with Gasteiger partial charge in [-0.05, 0) is 31.2 Å². The summed E-state index contributed by atoms with van der Waals surface area (Å²) in [5.74, 6) is 2.71. The van der Waals surface area contributed by atoms with Crippen LogP contribution in [0, 0.1) is 6.92 Å². The molecule has 5 heteroatoms. The van der Waals surface area contributed by atoms with Gasteiger partial charge in [-0.25, -0.2) is 4.98 Å². The molecule has 0 aliphatic carbocycles. The van der Waals surface area contributed by atoms with Gasteiger partial charge in [-0.3, -0.25) is 4.40 Å². The minimum Gasteiger partial charge on any atom is -0.493 e. The summed E-state index contributed by atoms with van der Waals surface area (Å²) in [6, 6.07) is 7.45. The van der Waals surface area contributed by atoms with Gasteiger partial charge >= 0.3 is 0 Å². The Morgan fingerprint density at radius 3 is 2.83 bits per heavy atom. The molecule has 0 saturated heterocycles. The van der Waals surface area contributed by atoms with Gasteiger partial charge < -0.3 is 14.9 Å². The predicted molar refractivity (Wildman–Crippen MR) is 68.6 cm³/mol. The summed E-state index contributed by atoms with van der Waals surface area (Å²) in [5, 5.41) is 0. The van der Waals surface area contributed by atoms with E-state index < -0.39 is 0 Å². The normalized spacial score (nSPS) is 11.0. The molecule has 0 saturated carbocycles. The van der Waals surface area contributed by atoms with Crippen molar-refractivity contribution in [3.8, 4) is 17.2 Å². The first-order valence-corrected chi connectivity index (χ1v) is 5.58. The largest absolute Gasteiger partial charge is 0.493 e. The van der Waals surface area contributed by atoms with Gasteiger partial charge in [0.1, 0.15) is 17.3 Å². The zero-order valence-corrected chi connectivity index (χ0v) is 10.2. The summed E-state index contributed by atoms with van der Waals surface area (Å²) in [6.07, 6.45) is 1.85. The maximum Gasteiger partial charge on any atom is 0.182 e. The molecule has 0 bridgehead atoms. The van der Waals surface area contributed by atoms with Gasteiger partial charge in [0.25, 0.3) is 0 Å². The zero-order valence-electron chi connectivity index (χ0n) is 10.2. The van der Waals surface area contributed by atoms with Crippen LogP contribution in [0.1, 0.15) is 5.76 Å². The van der Waals surface area contributed by atoms with E-state index in [4.69, 9.17) is 14.9 Å². The number of anilines is 1. The van der Waals surface area contributed by atoms with Crippen LogP contribution < -0.4 is 10.5 Å². The zero-order chi connectivity index (χ0) is 12.7. The third kappa shape index (κ3) is 1.44. The number of nitrogens with two attached hydrogens (primary N) is 1. The van der Waals surface area contributed by atoms with Crippen molar-refractivity contribution in [2.45, 2.75) is 6.92 Å². The van der Waals surface area contributed by atoms with Crippen LogP contribution in [0.2, 0.25) is 0 Å². The summed E-state index contributed by atoms with van der Waals surface area (Å²) >= 11 is 0. The second-order valence-corrected chi connectivity index (χ2v) is 4.03. The summed E-state index contributed by atoms with van der Waals surface area (Å²) in [4.78, 5) is 4.49. The molecule has 5 nitrogen and oxygen atoms in total. The molecule has 3 aromatic heterocycles. The van der Waals surface area contributed by atoms with Crippen molar-refractivity contribution >= 4 is 11.5 Å². The molecule has 2 N–H and O–H groups in total. The SMILES string of the molecule is COc1cccn2c(N)c(-c3ccc(C)o3)nc12. The Labute approximate surface area is 104 Å². The number of hydrogen-bond acceptors (Lipinski definition) is 4. The quantitative estimate of drug-likeness (QED) is 0.751. The lowest BCUT2D eigenvalue weighted by Gasteiger charge is -2.01. The number of ether oxygens (including phenoxy) is 1. The minimum absolute atomic E-state index is 0.540. The number of aryl methyl sites for hydroxylation is 1. The first-order valence-electron chi connectivity index (χ1n) is 5.58. The number of pyridine rings is 1. The number of rotatable bonds is 2.